The van der Waals surface area contributed by atoms with E-state index < -0.39 is 11.6 Å². The fraction of sp³-hybridized carbons (Fsp3) is 0.316. The highest BCUT2D eigenvalue weighted by molar-refractivity contribution is 9.10. The van der Waals surface area contributed by atoms with Crippen molar-refractivity contribution < 1.29 is 9.53 Å². The van der Waals surface area contributed by atoms with E-state index in [1.807, 2.05) is 36.5 Å². The number of nitrogens with two attached hydrogens (primary N) is 1. The normalized spacial score (nSPS) is 12.9. The monoisotopic (exact) mass is 465 g/mol. The van der Waals surface area contributed by atoms with Gasteiger partial charge in [0.2, 0.25) is 5.91 Å². The fourth-order valence-corrected chi connectivity index (χ4v) is 3.07. The molecule has 2 aromatic heterocycles. The summed E-state index contributed by atoms with van der Waals surface area (Å²) in [6, 6.07) is 10.6. The van der Waals surface area contributed by atoms with Crippen molar-refractivity contribution in [1.29, 1.82) is 0 Å². The molecule has 0 saturated heterocycles. The number of rotatable bonds is 7. The molecule has 3 rings (SSSR count). The van der Waals surface area contributed by atoms with Crippen LogP contribution < -0.4 is 11.1 Å². The molecular formula is C19H21BrClN5O2. The minimum absolute atomic E-state index is 0.181. The Bertz CT molecular complexity index is 986. The summed E-state index contributed by atoms with van der Waals surface area (Å²) < 4.78 is 8.51. The lowest BCUT2D eigenvalue weighted by Crippen LogP contribution is -2.50. The number of aromatic nitrogens is 3. The zero-order valence-electron chi connectivity index (χ0n) is 15.5. The molecule has 0 bridgehead atoms. The van der Waals surface area contributed by atoms with Gasteiger partial charge in [0.1, 0.15) is 6.04 Å². The molecule has 2 heterocycles. The van der Waals surface area contributed by atoms with Crippen LogP contribution in [0.4, 0.5) is 0 Å². The van der Waals surface area contributed by atoms with E-state index in [-0.39, 0.29) is 12.5 Å². The smallest absolute Gasteiger partial charge is 0.240 e. The van der Waals surface area contributed by atoms with E-state index in [1.165, 1.54) is 0 Å². The second kappa shape index (κ2) is 8.57. The van der Waals surface area contributed by atoms with E-state index in [1.54, 1.807) is 24.3 Å². The van der Waals surface area contributed by atoms with Crippen LogP contribution in [0.25, 0.3) is 5.65 Å². The Hall–Kier alpha value is -2.00. The van der Waals surface area contributed by atoms with Gasteiger partial charge in [-0.15, -0.1) is 10.2 Å². The van der Waals surface area contributed by atoms with Crippen LogP contribution in [-0.2, 0) is 16.1 Å². The van der Waals surface area contributed by atoms with Crippen LogP contribution in [0.5, 0.6) is 0 Å². The molecule has 1 amide bonds. The van der Waals surface area contributed by atoms with E-state index in [2.05, 4.69) is 31.4 Å². The summed E-state index contributed by atoms with van der Waals surface area (Å²) in [7, 11) is 0. The molecule has 1 atom stereocenters. The van der Waals surface area contributed by atoms with Gasteiger partial charge in [-0.05, 0) is 53.5 Å². The average Bonchev–Trinajstić information content (AvgIpc) is 3.04. The minimum Gasteiger partial charge on any atom is -0.374 e. The Morgan fingerprint density at radius 1 is 1.32 bits per heavy atom. The first-order chi connectivity index (χ1) is 13.3. The van der Waals surface area contributed by atoms with Gasteiger partial charge in [-0.1, -0.05) is 29.8 Å². The van der Waals surface area contributed by atoms with Crippen LogP contribution in [0, 0.1) is 0 Å². The Morgan fingerprint density at radius 2 is 2.07 bits per heavy atom. The molecule has 9 heteroatoms. The molecule has 3 aromatic rings. The second-order valence-electron chi connectivity index (χ2n) is 6.99. The quantitative estimate of drug-likeness (QED) is 0.557. The van der Waals surface area contributed by atoms with Crippen molar-refractivity contribution in [2.24, 2.45) is 5.73 Å². The van der Waals surface area contributed by atoms with Gasteiger partial charge >= 0.3 is 0 Å². The first-order valence-corrected chi connectivity index (χ1v) is 9.84. The third-order valence-corrected chi connectivity index (χ3v) is 4.93. The Kier molecular flexibility index (Phi) is 6.34. The lowest BCUT2D eigenvalue weighted by atomic mass is 10.1. The Balaban J connectivity index is 1.83. The number of nitrogens with one attached hydrogen (secondary N) is 1. The summed E-state index contributed by atoms with van der Waals surface area (Å²) in [6.07, 6.45) is 1.84. The highest BCUT2D eigenvalue weighted by Crippen LogP contribution is 2.20. The number of carbonyl (C=O) groups is 1. The topological polar surface area (TPSA) is 94.5 Å². The molecule has 0 radical (unpaired) electrons. The molecule has 7 nitrogen and oxygen atoms in total. The van der Waals surface area contributed by atoms with Crippen molar-refractivity contribution in [1.82, 2.24) is 19.9 Å². The predicted molar refractivity (Wildman–Crippen MR) is 111 cm³/mol. The molecule has 28 heavy (non-hydrogen) atoms. The minimum atomic E-state index is -1.04. The van der Waals surface area contributed by atoms with Gasteiger partial charge < -0.3 is 15.8 Å². The van der Waals surface area contributed by atoms with E-state index in [9.17, 15) is 4.79 Å². The second-order valence-corrected chi connectivity index (χ2v) is 8.31. The lowest BCUT2D eigenvalue weighted by molar-refractivity contribution is -0.126. The van der Waals surface area contributed by atoms with Crippen molar-refractivity contribution in [3.8, 4) is 0 Å². The number of fused-ring (bicyclic) bond motifs is 1. The zero-order valence-corrected chi connectivity index (χ0v) is 17.9. The zero-order chi connectivity index (χ0) is 20.3. The van der Waals surface area contributed by atoms with Crippen LogP contribution in [-0.4, -0.2) is 32.7 Å². The number of ether oxygens (including phenoxy) is 1. The van der Waals surface area contributed by atoms with Gasteiger partial charge in [0.25, 0.3) is 0 Å². The SMILES string of the molecule is CC(C)(N)C(=O)NC(COCc1ccccc1Cl)c1nnc2ccc(Br)cn12. The highest BCUT2D eigenvalue weighted by atomic mass is 79.9. The molecule has 0 aliphatic rings. The number of carbonyl (C=O) groups excluding carboxylic acids is 1. The summed E-state index contributed by atoms with van der Waals surface area (Å²) in [5.41, 5.74) is 6.42. The maximum absolute atomic E-state index is 12.5. The summed E-state index contributed by atoms with van der Waals surface area (Å²) in [5.74, 6) is 0.235. The van der Waals surface area contributed by atoms with Gasteiger partial charge in [-0.25, -0.2) is 0 Å². The molecule has 0 aliphatic carbocycles. The third-order valence-electron chi connectivity index (χ3n) is 4.09. The average molecular weight is 467 g/mol. The van der Waals surface area contributed by atoms with Crippen LogP contribution >= 0.6 is 27.5 Å². The fourth-order valence-electron chi connectivity index (χ4n) is 2.55. The number of benzene rings is 1. The molecule has 1 aromatic carbocycles. The maximum atomic E-state index is 12.5. The molecule has 0 spiro atoms. The number of halogens is 2. The van der Waals surface area contributed by atoms with Crippen LogP contribution in [0.1, 0.15) is 31.3 Å². The first-order valence-electron chi connectivity index (χ1n) is 8.67. The molecule has 0 saturated carbocycles. The van der Waals surface area contributed by atoms with Gasteiger partial charge in [-0.2, -0.15) is 0 Å². The summed E-state index contributed by atoms with van der Waals surface area (Å²) in [4.78, 5) is 12.5. The van der Waals surface area contributed by atoms with Crippen molar-refractivity contribution in [3.63, 3.8) is 0 Å². The van der Waals surface area contributed by atoms with Gasteiger partial charge in [0, 0.05) is 15.7 Å². The van der Waals surface area contributed by atoms with Gasteiger partial charge in [0.15, 0.2) is 11.5 Å². The first kappa shape index (κ1) is 20.7. The summed E-state index contributed by atoms with van der Waals surface area (Å²) in [5, 5.41) is 11.9. The van der Waals surface area contributed by atoms with Crippen molar-refractivity contribution >= 4 is 39.1 Å². The molecule has 0 aliphatic heterocycles. The number of hydrogen-bond acceptors (Lipinski definition) is 5. The van der Waals surface area contributed by atoms with Crippen LogP contribution in [0.15, 0.2) is 47.1 Å². The molecule has 148 valence electrons. The van der Waals surface area contributed by atoms with E-state index in [4.69, 9.17) is 22.1 Å². The maximum Gasteiger partial charge on any atom is 0.240 e. The molecular weight excluding hydrogens is 446 g/mol. The van der Waals surface area contributed by atoms with Crippen LogP contribution in [0.3, 0.4) is 0 Å². The van der Waals surface area contributed by atoms with Gasteiger partial charge in [-0.3, -0.25) is 9.20 Å². The molecule has 0 fully saturated rings. The summed E-state index contributed by atoms with van der Waals surface area (Å²) >= 11 is 9.63. The number of pyridine rings is 1. The van der Waals surface area contributed by atoms with Gasteiger partial charge in [0.05, 0.1) is 18.8 Å². The third kappa shape index (κ3) is 4.88. The largest absolute Gasteiger partial charge is 0.374 e. The van der Waals surface area contributed by atoms with Crippen molar-refractivity contribution in [2.45, 2.75) is 32.0 Å². The number of nitrogens with zero attached hydrogens (tertiary/aromatic N) is 3. The number of hydrogen-bond donors (Lipinski definition) is 2. The Labute approximate surface area is 176 Å². The summed E-state index contributed by atoms with van der Waals surface area (Å²) in [6.45, 7) is 3.77. The highest BCUT2D eigenvalue weighted by Gasteiger charge is 2.28. The standard InChI is InChI=1S/C19H21BrClN5O2/c1-19(2,22)18(27)23-15(11-28-10-12-5-3-4-6-14(12)21)17-25-24-16-8-7-13(20)9-26(16)17/h3-9,15H,10-11,22H2,1-2H3,(H,23,27). The predicted octanol–water partition coefficient (Wildman–Crippen LogP) is 3.26. The Morgan fingerprint density at radius 3 is 2.79 bits per heavy atom. The van der Waals surface area contributed by atoms with Crippen molar-refractivity contribution in [2.75, 3.05) is 6.61 Å². The van der Waals surface area contributed by atoms with Crippen molar-refractivity contribution in [3.05, 3.63) is 63.5 Å². The molecule has 1 unspecified atom stereocenters. The van der Waals surface area contributed by atoms with E-state index in [0.717, 1.165) is 10.0 Å². The molecule has 3 N–H and O–H groups in total. The van der Waals surface area contributed by atoms with E-state index in [0.29, 0.717) is 23.1 Å². The number of amides is 1. The lowest BCUT2D eigenvalue weighted by Gasteiger charge is -2.23. The van der Waals surface area contributed by atoms with Crippen LogP contribution in [0.2, 0.25) is 5.02 Å². The van der Waals surface area contributed by atoms with E-state index >= 15 is 0 Å².